The zero-order valence-corrected chi connectivity index (χ0v) is 10.3. The summed E-state index contributed by atoms with van der Waals surface area (Å²) in [6, 6.07) is 5.98. The van der Waals surface area contributed by atoms with Crippen LogP contribution in [0.25, 0.3) is 11.0 Å². The number of hydrogen-bond donors (Lipinski definition) is 1. The monoisotopic (exact) mass is 265 g/mol. The fourth-order valence-corrected chi connectivity index (χ4v) is 1.91. The van der Waals surface area contributed by atoms with Crippen molar-refractivity contribution in [3.05, 3.63) is 42.7 Å². The molecule has 0 saturated heterocycles. The zero-order chi connectivity index (χ0) is 14.0. The lowest BCUT2D eigenvalue weighted by molar-refractivity contribution is -0.117. The van der Waals surface area contributed by atoms with Gasteiger partial charge >= 0.3 is 6.55 Å². The number of benzene rings is 1. The normalized spacial score (nSPS) is 12.6. The second-order valence-electron chi connectivity index (χ2n) is 4.04. The second-order valence-corrected chi connectivity index (χ2v) is 4.04. The van der Waals surface area contributed by atoms with Crippen LogP contribution >= 0.6 is 0 Å². The number of hydrogen-bond acceptors (Lipinski definition) is 2. The number of halogens is 2. The van der Waals surface area contributed by atoms with Crippen molar-refractivity contribution >= 4 is 16.9 Å². The van der Waals surface area contributed by atoms with Crippen LogP contribution in [0.15, 0.2) is 36.9 Å². The molecule has 1 amide bonds. The lowest BCUT2D eigenvalue weighted by atomic mass is 10.3. The lowest BCUT2D eigenvalue weighted by Gasteiger charge is -2.14. The highest BCUT2D eigenvalue weighted by molar-refractivity contribution is 5.87. The molecule has 2 aromatic rings. The van der Waals surface area contributed by atoms with Crippen LogP contribution in [-0.2, 0) is 4.79 Å². The van der Waals surface area contributed by atoms with Gasteiger partial charge in [0, 0.05) is 0 Å². The molecule has 100 valence electrons. The van der Waals surface area contributed by atoms with Crippen LogP contribution in [0.4, 0.5) is 8.78 Å². The molecule has 0 saturated carbocycles. The van der Waals surface area contributed by atoms with E-state index in [0.717, 1.165) is 10.6 Å². The molecule has 0 aliphatic rings. The Bertz CT molecular complexity index is 621. The van der Waals surface area contributed by atoms with Gasteiger partial charge in [-0.05, 0) is 25.1 Å². The molecule has 0 fully saturated rings. The molecule has 1 unspecified atom stereocenters. The van der Waals surface area contributed by atoms with Crippen molar-refractivity contribution in [1.29, 1.82) is 0 Å². The van der Waals surface area contributed by atoms with Crippen LogP contribution in [0.5, 0.6) is 0 Å². The first-order valence-corrected chi connectivity index (χ1v) is 5.72. The van der Waals surface area contributed by atoms with E-state index in [4.69, 9.17) is 0 Å². The summed E-state index contributed by atoms with van der Waals surface area (Å²) >= 11 is 0. The Labute approximate surface area is 108 Å². The molecule has 1 aromatic carbocycles. The third kappa shape index (κ3) is 2.47. The summed E-state index contributed by atoms with van der Waals surface area (Å²) in [5, 5.41) is 2.53. The van der Waals surface area contributed by atoms with Crippen LogP contribution in [0.3, 0.4) is 0 Å². The molecular weight excluding hydrogens is 252 g/mol. The zero-order valence-electron chi connectivity index (χ0n) is 10.3. The number of imidazole rings is 1. The maximum atomic E-state index is 13.2. The Morgan fingerprint density at radius 1 is 1.47 bits per heavy atom. The maximum absolute atomic E-state index is 13.2. The van der Waals surface area contributed by atoms with Crippen LogP contribution < -0.4 is 5.32 Å². The highest BCUT2D eigenvalue weighted by atomic mass is 19.3. The Morgan fingerprint density at radius 2 is 2.16 bits per heavy atom. The summed E-state index contributed by atoms with van der Waals surface area (Å²) in [4.78, 5) is 15.4. The van der Waals surface area contributed by atoms with Crippen molar-refractivity contribution in [1.82, 2.24) is 14.9 Å². The van der Waals surface area contributed by atoms with Crippen molar-refractivity contribution in [2.75, 3.05) is 0 Å². The van der Waals surface area contributed by atoms with E-state index >= 15 is 0 Å². The molecule has 4 nitrogen and oxygen atoms in total. The van der Waals surface area contributed by atoms with Crippen molar-refractivity contribution in [2.24, 2.45) is 0 Å². The van der Waals surface area contributed by atoms with Crippen LogP contribution in [0.2, 0.25) is 0 Å². The minimum atomic E-state index is -2.72. The first kappa shape index (κ1) is 13.2. The number of amides is 1. The molecule has 1 aromatic heterocycles. The Balaban J connectivity index is 2.49. The van der Waals surface area contributed by atoms with Gasteiger partial charge in [0.15, 0.2) is 0 Å². The van der Waals surface area contributed by atoms with E-state index in [1.165, 1.54) is 0 Å². The minimum Gasteiger partial charge on any atom is -0.343 e. The molecule has 2 rings (SSSR count). The SMILES string of the molecule is C=CC(=O)NC(C)c1nc2ccccc2n1C(F)F. The number of fused-ring (bicyclic) bond motifs is 1. The summed E-state index contributed by atoms with van der Waals surface area (Å²) in [5.41, 5.74) is 0.810. The van der Waals surface area contributed by atoms with E-state index in [-0.39, 0.29) is 5.82 Å². The third-order valence-corrected chi connectivity index (χ3v) is 2.75. The largest absolute Gasteiger partial charge is 0.343 e. The molecule has 0 bridgehead atoms. The predicted octanol–water partition coefficient (Wildman–Crippen LogP) is 2.79. The molecule has 6 heteroatoms. The topological polar surface area (TPSA) is 46.9 Å². The van der Waals surface area contributed by atoms with Gasteiger partial charge in [0.25, 0.3) is 0 Å². The molecule has 0 spiro atoms. The number of para-hydroxylation sites is 2. The standard InChI is InChI=1S/C13H13F2N3O/c1-3-11(19)16-8(2)12-17-9-6-4-5-7-10(9)18(12)13(14)15/h3-8,13H,1H2,2H3,(H,16,19). The van der Waals surface area contributed by atoms with E-state index in [2.05, 4.69) is 16.9 Å². The van der Waals surface area contributed by atoms with Crippen molar-refractivity contribution < 1.29 is 13.6 Å². The summed E-state index contributed by atoms with van der Waals surface area (Å²) in [6.45, 7) is 2.20. The second kappa shape index (κ2) is 5.17. The van der Waals surface area contributed by atoms with Gasteiger partial charge < -0.3 is 5.32 Å². The van der Waals surface area contributed by atoms with Gasteiger partial charge in [-0.3, -0.25) is 9.36 Å². The van der Waals surface area contributed by atoms with Crippen LogP contribution in [0.1, 0.15) is 25.3 Å². The van der Waals surface area contributed by atoms with Gasteiger partial charge in [-0.25, -0.2) is 4.98 Å². The fourth-order valence-electron chi connectivity index (χ4n) is 1.91. The predicted molar refractivity (Wildman–Crippen MR) is 67.7 cm³/mol. The van der Waals surface area contributed by atoms with Crippen LogP contribution in [-0.4, -0.2) is 15.5 Å². The highest BCUT2D eigenvalue weighted by Crippen LogP contribution is 2.26. The van der Waals surface area contributed by atoms with Gasteiger partial charge in [0.2, 0.25) is 5.91 Å². The molecule has 1 heterocycles. The summed E-state index contributed by atoms with van der Waals surface area (Å²) in [7, 11) is 0. The molecule has 0 aliphatic heterocycles. The van der Waals surface area contributed by atoms with E-state index < -0.39 is 18.5 Å². The number of nitrogens with one attached hydrogen (secondary N) is 1. The smallest absolute Gasteiger partial charge is 0.320 e. The maximum Gasteiger partial charge on any atom is 0.320 e. The Morgan fingerprint density at radius 3 is 2.79 bits per heavy atom. The summed E-state index contributed by atoms with van der Waals surface area (Å²) < 4.78 is 27.1. The molecule has 1 N–H and O–H groups in total. The van der Waals surface area contributed by atoms with Gasteiger partial charge in [-0.1, -0.05) is 18.7 Å². The van der Waals surface area contributed by atoms with Gasteiger partial charge in [-0.2, -0.15) is 8.78 Å². The van der Waals surface area contributed by atoms with E-state index in [9.17, 15) is 13.6 Å². The van der Waals surface area contributed by atoms with Gasteiger partial charge in [-0.15, -0.1) is 0 Å². The van der Waals surface area contributed by atoms with Gasteiger partial charge in [0.1, 0.15) is 5.82 Å². The summed E-state index contributed by atoms with van der Waals surface area (Å²) in [5.74, 6) is -0.313. The Hall–Kier alpha value is -2.24. The number of aromatic nitrogens is 2. The van der Waals surface area contributed by atoms with Gasteiger partial charge in [0.05, 0.1) is 17.1 Å². The van der Waals surface area contributed by atoms with Crippen molar-refractivity contribution in [3.63, 3.8) is 0 Å². The lowest BCUT2D eigenvalue weighted by Crippen LogP contribution is -2.27. The molecule has 0 aliphatic carbocycles. The first-order valence-electron chi connectivity index (χ1n) is 5.72. The third-order valence-electron chi connectivity index (χ3n) is 2.75. The van der Waals surface area contributed by atoms with E-state index in [0.29, 0.717) is 11.0 Å². The van der Waals surface area contributed by atoms with Crippen molar-refractivity contribution in [3.8, 4) is 0 Å². The molecule has 19 heavy (non-hydrogen) atoms. The average molecular weight is 265 g/mol. The minimum absolute atomic E-state index is 0.117. The molecular formula is C13H13F2N3O. The van der Waals surface area contributed by atoms with Crippen molar-refractivity contribution in [2.45, 2.75) is 19.5 Å². The fraction of sp³-hybridized carbons (Fsp3) is 0.231. The van der Waals surface area contributed by atoms with E-state index in [1.807, 2.05) is 0 Å². The number of alkyl halides is 2. The average Bonchev–Trinajstić information content (AvgIpc) is 2.77. The number of nitrogens with zero attached hydrogens (tertiary/aromatic N) is 2. The quantitative estimate of drug-likeness (QED) is 0.864. The molecule has 1 atom stereocenters. The number of rotatable bonds is 4. The number of carbonyl (C=O) groups is 1. The highest BCUT2D eigenvalue weighted by Gasteiger charge is 2.22. The number of carbonyl (C=O) groups excluding carboxylic acids is 1. The molecule has 0 radical (unpaired) electrons. The Kier molecular flexibility index (Phi) is 3.59. The summed E-state index contributed by atoms with van der Waals surface area (Å²) in [6.07, 6.45) is 1.09. The van der Waals surface area contributed by atoms with E-state index in [1.54, 1.807) is 31.2 Å². The first-order chi connectivity index (χ1) is 9.04. The van der Waals surface area contributed by atoms with Crippen LogP contribution in [0, 0.1) is 0 Å².